The number of carbonyl (C=O) groups is 4. The summed E-state index contributed by atoms with van der Waals surface area (Å²) in [5, 5.41) is 48.1. The van der Waals surface area contributed by atoms with E-state index < -0.39 is 0 Å². The summed E-state index contributed by atoms with van der Waals surface area (Å²) in [5.41, 5.74) is 28.2. The first-order valence-electron chi connectivity index (χ1n) is 51.0. The first kappa shape index (κ1) is 96.0. The molecule has 4 amide bonds. The van der Waals surface area contributed by atoms with E-state index in [4.69, 9.17) is 53.6 Å². The van der Waals surface area contributed by atoms with Gasteiger partial charge in [-0.05, 0) is 147 Å². The Hall–Kier alpha value is -13.2. The summed E-state index contributed by atoms with van der Waals surface area (Å²) in [6.07, 6.45) is 27.3. The van der Waals surface area contributed by atoms with Crippen molar-refractivity contribution in [3.05, 3.63) is 189 Å². The molecular weight excluding hydrogens is 1810 g/mol. The molecule has 3 unspecified atom stereocenters. The van der Waals surface area contributed by atoms with Gasteiger partial charge in [0, 0.05) is 301 Å². The van der Waals surface area contributed by atoms with Crippen LogP contribution in [0.1, 0.15) is 178 Å². The monoisotopic (exact) mass is 1940 g/mol. The number of ether oxygens (including phenoxy) is 7. The van der Waals surface area contributed by atoms with E-state index in [9.17, 15) is 24.4 Å². The Bertz CT molecular complexity index is 6770. The van der Waals surface area contributed by atoms with Gasteiger partial charge in [0.15, 0.2) is 23.3 Å². The van der Waals surface area contributed by atoms with Gasteiger partial charge in [-0.1, -0.05) is 18.2 Å². The van der Waals surface area contributed by atoms with Crippen LogP contribution in [0.2, 0.25) is 0 Å². The highest BCUT2D eigenvalue weighted by Gasteiger charge is 2.43. The van der Waals surface area contributed by atoms with Crippen LogP contribution in [0.3, 0.4) is 0 Å². The zero-order valence-electron chi connectivity index (χ0n) is 84.3. The molecule has 12 aromatic rings. The van der Waals surface area contributed by atoms with E-state index >= 15 is 0 Å². The maximum atomic E-state index is 12.3. The molecule has 4 aromatic carbocycles. The number of methoxy groups -OCH3 is 1. The van der Waals surface area contributed by atoms with Gasteiger partial charge < -0.3 is 72.4 Å². The number of nitrogens with zero attached hydrogens (tertiary/aromatic N) is 25. The second kappa shape index (κ2) is 40.9. The Kier molecular flexibility index (Phi) is 27.5. The third-order valence-corrected chi connectivity index (χ3v) is 30.5. The van der Waals surface area contributed by atoms with E-state index in [0.29, 0.717) is 64.2 Å². The van der Waals surface area contributed by atoms with Crippen molar-refractivity contribution < 1.29 is 52.3 Å². The van der Waals surface area contributed by atoms with Gasteiger partial charge in [-0.15, -0.1) is 0 Å². The molecule has 8 aromatic heterocycles. The molecule has 750 valence electrons. The van der Waals surface area contributed by atoms with Crippen molar-refractivity contribution in [1.82, 2.24) is 97.8 Å². The van der Waals surface area contributed by atoms with Gasteiger partial charge in [0.2, 0.25) is 23.6 Å². The highest BCUT2D eigenvalue weighted by atomic mass is 16.5. The first-order valence-corrected chi connectivity index (χ1v) is 51.0. The number of hydrogen-bond donors (Lipinski definition) is 0. The second-order valence-electron chi connectivity index (χ2n) is 40.3. The summed E-state index contributed by atoms with van der Waals surface area (Å²) in [6.45, 7) is 27.6. The molecule has 4 saturated heterocycles. The van der Waals surface area contributed by atoms with Crippen LogP contribution in [0, 0.1) is 11.3 Å². The van der Waals surface area contributed by atoms with Crippen LogP contribution in [0.5, 0.6) is 0 Å². The Balaban J connectivity index is 0.000000113. The number of hydrogen-bond acceptors (Lipinski definition) is 24. The first-order chi connectivity index (χ1) is 69.4. The van der Waals surface area contributed by atoms with Crippen molar-refractivity contribution in [2.24, 2.45) is 28.2 Å². The van der Waals surface area contributed by atoms with E-state index in [2.05, 4.69) is 139 Å². The predicted octanol–water partition coefficient (Wildman–Crippen LogP) is 12.9. The molecule has 0 bridgehead atoms. The molecule has 0 aliphatic carbocycles. The number of rotatable bonds is 17. The topological polar surface area (TPSA) is 325 Å². The van der Waals surface area contributed by atoms with Crippen LogP contribution in [-0.4, -0.2) is 265 Å². The molecule has 36 heteroatoms. The van der Waals surface area contributed by atoms with Crippen LogP contribution < -0.4 is 19.6 Å². The number of aromatic nitrogens is 16. The Morgan fingerprint density at radius 1 is 0.406 bits per heavy atom. The summed E-state index contributed by atoms with van der Waals surface area (Å²) in [6, 6.07) is 27.5. The summed E-state index contributed by atoms with van der Waals surface area (Å²) >= 11 is 0. The Morgan fingerprint density at radius 3 is 1.10 bits per heavy atom. The number of nitriles is 1. The molecule has 0 radical (unpaired) electrons. The summed E-state index contributed by atoms with van der Waals surface area (Å²) in [4.78, 5) is 66.0. The van der Waals surface area contributed by atoms with Gasteiger partial charge >= 0.3 is 0 Å². The summed E-state index contributed by atoms with van der Waals surface area (Å²) in [5.74, 6) is 4.17. The number of amides is 4. The number of benzene rings is 4. The fourth-order valence-corrected chi connectivity index (χ4v) is 23.2. The zero-order chi connectivity index (χ0) is 98.7. The lowest BCUT2D eigenvalue weighted by Crippen LogP contribution is -2.40. The van der Waals surface area contributed by atoms with Crippen LogP contribution in [-0.2, 0) is 158 Å². The molecule has 0 spiro atoms. The largest absolute Gasteiger partial charge is 0.381 e. The van der Waals surface area contributed by atoms with E-state index in [1.165, 1.54) is 45.0 Å². The molecule has 36 nitrogen and oxygen atoms in total. The molecule has 20 heterocycles. The minimum absolute atomic E-state index is 0.0414. The zero-order valence-corrected chi connectivity index (χ0v) is 84.3. The highest BCUT2D eigenvalue weighted by molar-refractivity contribution is 5.84. The van der Waals surface area contributed by atoms with Gasteiger partial charge in [0.05, 0.1) is 151 Å². The summed E-state index contributed by atoms with van der Waals surface area (Å²) < 4.78 is 57.2. The van der Waals surface area contributed by atoms with E-state index in [0.717, 1.165) is 282 Å². The van der Waals surface area contributed by atoms with Crippen LogP contribution in [0.15, 0.2) is 116 Å². The maximum absolute atomic E-state index is 12.3. The molecule has 12 aliphatic heterocycles. The smallest absolute Gasteiger partial charge is 0.219 e. The molecule has 4 fully saturated rings. The lowest BCUT2D eigenvalue weighted by atomic mass is 9.95. The molecule has 24 rings (SSSR count). The van der Waals surface area contributed by atoms with Gasteiger partial charge in [-0.3, -0.25) is 56.6 Å². The maximum Gasteiger partial charge on any atom is 0.219 e. The summed E-state index contributed by atoms with van der Waals surface area (Å²) in [7, 11) is 9.47. The number of anilines is 8. The van der Waals surface area contributed by atoms with Crippen molar-refractivity contribution in [1.29, 1.82) is 5.26 Å². The van der Waals surface area contributed by atoms with E-state index in [1.807, 2.05) is 118 Å². The minimum Gasteiger partial charge on any atom is -0.381 e. The number of fused-ring (bicyclic) bond motifs is 8. The van der Waals surface area contributed by atoms with Crippen molar-refractivity contribution >= 4 is 69.6 Å². The lowest BCUT2D eigenvalue weighted by molar-refractivity contribution is -0.130. The average molecular weight is 1940 g/mol. The predicted molar refractivity (Wildman–Crippen MR) is 539 cm³/mol. The third-order valence-electron chi connectivity index (χ3n) is 30.5. The van der Waals surface area contributed by atoms with Gasteiger partial charge in [-0.2, -0.15) is 46.1 Å². The fourth-order valence-electron chi connectivity index (χ4n) is 23.2. The number of carbonyl (C=O) groups excluding carboxylic acids is 4. The average Bonchev–Trinajstić information content (AvgIpc) is 1.61. The number of aryl methyl sites for hydroxylation is 4. The van der Waals surface area contributed by atoms with Crippen molar-refractivity contribution in [3.8, 4) is 50.6 Å². The Morgan fingerprint density at radius 2 is 0.755 bits per heavy atom. The molecule has 143 heavy (non-hydrogen) atoms. The quantitative estimate of drug-likeness (QED) is 0.0817. The fraction of sp³-hybridized carbons (Fsp3) is 0.505. The Labute approximate surface area is 833 Å². The van der Waals surface area contributed by atoms with E-state index in [-0.39, 0.29) is 66.2 Å². The SMILES string of the molecule is CC(=O)N1CCc2c(c(N3CC(OC(C)C)Cc4cc(-c5cnn(C)c5)ccc43)nn2[C@H]2CCOC2)C1.CC(=O)N1CCc2c(c(N3CCc4cc(-c5cnn(C)c5)c(C#N)cc43)nn2C2CCOCC2)C1.CCOC1Cc2cc(-c3cnn(C)c3)ccc2N(c2nn([C@H]3CCOC3)c3c2CN(C(C)=O)CC3)C1.COC1Cc2cc(-c3cnn(C)c3)ccc2N(c2nn([C@H]3CCOC3)c3c2CN(C(C)=O)CC3)C1. The van der Waals surface area contributed by atoms with Crippen LogP contribution >= 0.6 is 0 Å². The van der Waals surface area contributed by atoms with E-state index in [1.54, 1.807) is 45.7 Å². The van der Waals surface area contributed by atoms with Crippen LogP contribution in [0.25, 0.3) is 44.5 Å². The standard InChI is InChI=1S/C28H36N6O3.C27H34N6O3.C26H29N7O2.C26H32N6O3/c1-18(2)37-24-12-21-11-20(22-13-29-31(4)14-22)5-6-26(21)33(15-24)28-25-16-32(19(3)35)9-7-27(25)34(30-28)23-8-10-36-17-23;1-4-36-23-12-20-11-19(21-13-28-30(3)14-21)5-6-25(20)32(15-23)27-24-16-31(18(2)34)9-7-26(24)33(29-27)22-8-10-35-17-22;1-17(34)31-7-4-24-23(16-31)26(29-33(24)21-5-9-35-10-6-21)32-8-3-18-11-22(19(13-27)12-25(18)32)20-14-28-30(2)15-20;1-17(33)30-8-6-25-23(15-30)26(28-32(25)21-7-9-35-16-21)31-14-22(34-3)11-19-10-18(4-5-24(19)31)20-12-27-29(2)13-20/h5-6,11,13-14,18,23-24H,7-10,12,15-17H2,1-4H3;5-6,11,13-14,22-23H,4,7-10,12,15-17H2,1-3H3;11-12,14-15,21H,3-10,16H2,1-2H3;4-5,10,12-13,21-22H,6-9,11,14-16H2,1-3H3/t23-,24?;22-,23?;;21-,22?/m00.0/s1. The van der Waals surface area contributed by atoms with Crippen molar-refractivity contribution in [2.45, 2.75) is 207 Å². The minimum atomic E-state index is 0.0414. The molecule has 6 atom stereocenters. The third kappa shape index (κ3) is 19.4. The van der Waals surface area contributed by atoms with Gasteiger partial charge in [0.1, 0.15) is 0 Å². The second-order valence-corrected chi connectivity index (χ2v) is 40.3. The highest BCUT2D eigenvalue weighted by Crippen LogP contribution is 2.49. The normalized spacial score (nSPS) is 20.7. The van der Waals surface area contributed by atoms with Crippen molar-refractivity contribution in [3.63, 3.8) is 0 Å². The molecule has 0 N–H and O–H groups in total. The van der Waals surface area contributed by atoms with Crippen molar-refractivity contribution in [2.75, 3.05) is 139 Å². The molecule has 12 aliphatic rings. The molecule has 0 saturated carbocycles. The van der Waals surface area contributed by atoms with Gasteiger partial charge in [0.25, 0.3) is 0 Å². The van der Waals surface area contributed by atoms with Gasteiger partial charge in [-0.25, -0.2) is 0 Å². The molecular formula is C107H131N25O11. The lowest BCUT2D eigenvalue weighted by Gasteiger charge is -2.37. The van der Waals surface area contributed by atoms with Crippen LogP contribution in [0.4, 0.5) is 46.0 Å².